The average Bonchev–Trinajstić information content (AvgIpc) is 2.43. The number of primary amides is 1. The third kappa shape index (κ3) is 2.83. The van der Waals surface area contributed by atoms with Crippen molar-refractivity contribution in [2.45, 2.75) is 51.5 Å². The normalized spacial score (nSPS) is 36.7. The molecule has 0 spiro atoms. The van der Waals surface area contributed by atoms with Crippen molar-refractivity contribution in [1.82, 2.24) is 5.32 Å². The molecule has 22 heavy (non-hydrogen) atoms. The first-order valence-corrected chi connectivity index (χ1v) is 8.14. The summed E-state index contributed by atoms with van der Waals surface area (Å²) < 4.78 is 4.76. The Labute approximate surface area is 130 Å². The molecule has 4 rings (SSSR count). The first-order valence-electron chi connectivity index (χ1n) is 8.14. The van der Waals surface area contributed by atoms with E-state index >= 15 is 0 Å². The summed E-state index contributed by atoms with van der Waals surface area (Å²) in [5.41, 5.74) is 4.66. The number of rotatable bonds is 5. The minimum Gasteiger partial charge on any atom is -0.454 e. The fourth-order valence-electron chi connectivity index (χ4n) is 5.06. The molecule has 3 N–H and O–H groups in total. The average molecular weight is 308 g/mol. The molecule has 0 unspecified atom stereocenters. The first-order chi connectivity index (χ1) is 10.4. The van der Waals surface area contributed by atoms with Crippen LogP contribution in [-0.4, -0.2) is 30.4 Å². The number of amides is 2. The summed E-state index contributed by atoms with van der Waals surface area (Å²) in [6.45, 7) is 1.14. The molecule has 0 aromatic rings. The van der Waals surface area contributed by atoms with Crippen LogP contribution in [-0.2, 0) is 19.1 Å². The molecule has 0 radical (unpaired) electrons. The maximum absolute atomic E-state index is 12.7. The lowest BCUT2D eigenvalue weighted by molar-refractivity contribution is -0.155. The zero-order valence-electron chi connectivity index (χ0n) is 13.0. The topological polar surface area (TPSA) is 98.5 Å². The summed E-state index contributed by atoms with van der Waals surface area (Å²) in [6.07, 6.45) is 6.66. The molecule has 2 amide bonds. The lowest BCUT2D eigenvalue weighted by Crippen LogP contribution is -2.56. The van der Waals surface area contributed by atoms with Crippen molar-refractivity contribution in [3.8, 4) is 0 Å². The summed E-state index contributed by atoms with van der Waals surface area (Å²) in [6, 6.07) is -0.750. The molecule has 0 aromatic heterocycles. The van der Waals surface area contributed by atoms with Crippen molar-refractivity contribution in [2.75, 3.05) is 6.61 Å². The van der Waals surface area contributed by atoms with Crippen LogP contribution in [0.4, 0.5) is 0 Å². The molecule has 4 aliphatic carbocycles. The van der Waals surface area contributed by atoms with Gasteiger partial charge in [-0.05, 0) is 63.2 Å². The highest BCUT2D eigenvalue weighted by Crippen LogP contribution is 2.60. The van der Waals surface area contributed by atoms with Gasteiger partial charge in [-0.2, -0.15) is 0 Å². The van der Waals surface area contributed by atoms with Crippen LogP contribution in [0.15, 0.2) is 0 Å². The van der Waals surface area contributed by atoms with E-state index in [4.69, 9.17) is 10.5 Å². The third-order valence-corrected chi connectivity index (χ3v) is 5.58. The van der Waals surface area contributed by atoms with Gasteiger partial charge in [-0.3, -0.25) is 9.59 Å². The van der Waals surface area contributed by atoms with Gasteiger partial charge in [-0.15, -0.1) is 0 Å². The van der Waals surface area contributed by atoms with Crippen molar-refractivity contribution in [3.05, 3.63) is 0 Å². The van der Waals surface area contributed by atoms with Gasteiger partial charge in [-0.1, -0.05) is 0 Å². The maximum Gasteiger partial charge on any atom is 0.328 e. The van der Waals surface area contributed by atoms with Crippen LogP contribution in [0.3, 0.4) is 0 Å². The molecular weight excluding hydrogens is 284 g/mol. The number of ether oxygens (including phenoxy) is 1. The monoisotopic (exact) mass is 308 g/mol. The second kappa shape index (κ2) is 5.56. The highest BCUT2D eigenvalue weighted by Gasteiger charge is 2.54. The van der Waals surface area contributed by atoms with E-state index in [0.717, 1.165) is 19.3 Å². The number of nitrogens with two attached hydrogens (primary N) is 1. The second-order valence-electron chi connectivity index (χ2n) is 7.47. The number of nitrogens with one attached hydrogen (secondary N) is 1. The zero-order valence-corrected chi connectivity index (χ0v) is 13.0. The molecule has 6 nitrogen and oxygen atoms in total. The first kappa shape index (κ1) is 15.3. The van der Waals surface area contributed by atoms with Gasteiger partial charge in [-0.25, -0.2) is 4.79 Å². The van der Waals surface area contributed by atoms with E-state index in [1.54, 1.807) is 6.92 Å². The van der Waals surface area contributed by atoms with Gasteiger partial charge in [0.05, 0.1) is 0 Å². The van der Waals surface area contributed by atoms with Crippen molar-refractivity contribution in [1.29, 1.82) is 0 Å². The van der Waals surface area contributed by atoms with Crippen molar-refractivity contribution >= 4 is 17.8 Å². The molecule has 4 saturated carbocycles. The summed E-state index contributed by atoms with van der Waals surface area (Å²) in [5, 5.41) is 2.79. The maximum atomic E-state index is 12.7. The van der Waals surface area contributed by atoms with Gasteiger partial charge >= 0.3 is 5.97 Å². The van der Waals surface area contributed by atoms with Crippen molar-refractivity contribution < 1.29 is 19.1 Å². The Morgan fingerprint density at radius 1 is 1.14 bits per heavy atom. The van der Waals surface area contributed by atoms with E-state index < -0.39 is 24.5 Å². The highest BCUT2D eigenvalue weighted by molar-refractivity contribution is 5.89. The van der Waals surface area contributed by atoms with Crippen molar-refractivity contribution in [3.63, 3.8) is 0 Å². The SMILES string of the molecule is C[C@H](NC(=O)C12CC3CC(CC(C3)C1)C2)C(=O)OCC(N)=O. The van der Waals surface area contributed by atoms with Crippen LogP contribution >= 0.6 is 0 Å². The highest BCUT2D eigenvalue weighted by atomic mass is 16.5. The zero-order chi connectivity index (χ0) is 15.9. The van der Waals surface area contributed by atoms with E-state index in [1.165, 1.54) is 19.3 Å². The fourth-order valence-corrected chi connectivity index (χ4v) is 5.06. The number of esters is 1. The Bertz CT molecular complexity index is 467. The quantitative estimate of drug-likeness (QED) is 0.732. The van der Waals surface area contributed by atoms with Gasteiger partial charge in [0.1, 0.15) is 6.04 Å². The molecule has 1 atom stereocenters. The number of hydrogen-bond donors (Lipinski definition) is 2. The van der Waals surface area contributed by atoms with E-state index in [0.29, 0.717) is 17.8 Å². The van der Waals surface area contributed by atoms with E-state index in [1.807, 2.05) is 0 Å². The van der Waals surface area contributed by atoms with E-state index in [9.17, 15) is 14.4 Å². The summed E-state index contributed by atoms with van der Waals surface area (Å²) >= 11 is 0. The van der Waals surface area contributed by atoms with Crippen LogP contribution in [0.5, 0.6) is 0 Å². The number of hydrogen-bond acceptors (Lipinski definition) is 4. The number of carbonyl (C=O) groups is 3. The summed E-state index contributed by atoms with van der Waals surface area (Å²) in [5.74, 6) is 0.692. The molecule has 6 heteroatoms. The lowest BCUT2D eigenvalue weighted by atomic mass is 9.49. The Kier molecular flexibility index (Phi) is 3.87. The summed E-state index contributed by atoms with van der Waals surface area (Å²) in [7, 11) is 0. The molecule has 122 valence electrons. The van der Waals surface area contributed by atoms with Gasteiger partial charge in [0.25, 0.3) is 5.91 Å². The third-order valence-electron chi connectivity index (χ3n) is 5.58. The minimum atomic E-state index is -0.750. The Balaban J connectivity index is 1.60. The molecule has 0 heterocycles. The number of carbonyl (C=O) groups excluding carboxylic acids is 3. The minimum absolute atomic E-state index is 0.0184. The van der Waals surface area contributed by atoms with E-state index in [2.05, 4.69) is 5.32 Å². The van der Waals surface area contributed by atoms with Gasteiger partial charge in [0, 0.05) is 5.41 Å². The smallest absolute Gasteiger partial charge is 0.328 e. The van der Waals surface area contributed by atoms with Gasteiger partial charge in [0.15, 0.2) is 6.61 Å². The Morgan fingerprint density at radius 3 is 2.09 bits per heavy atom. The van der Waals surface area contributed by atoms with Crippen LogP contribution in [0.2, 0.25) is 0 Å². The van der Waals surface area contributed by atoms with Gasteiger partial charge < -0.3 is 15.8 Å². The molecule has 0 saturated heterocycles. The predicted molar refractivity (Wildman–Crippen MR) is 78.4 cm³/mol. The van der Waals surface area contributed by atoms with E-state index in [-0.39, 0.29) is 11.3 Å². The summed E-state index contributed by atoms with van der Waals surface area (Å²) in [4.78, 5) is 35.1. The van der Waals surface area contributed by atoms with Crippen LogP contribution in [0.25, 0.3) is 0 Å². The molecule has 0 aromatic carbocycles. The lowest BCUT2D eigenvalue weighted by Gasteiger charge is -2.55. The molecule has 4 fully saturated rings. The molecule has 4 bridgehead atoms. The largest absolute Gasteiger partial charge is 0.454 e. The molecule has 0 aliphatic heterocycles. The van der Waals surface area contributed by atoms with Crippen LogP contribution in [0, 0.1) is 23.2 Å². The Hall–Kier alpha value is -1.59. The van der Waals surface area contributed by atoms with Crippen LogP contribution < -0.4 is 11.1 Å². The van der Waals surface area contributed by atoms with Crippen molar-refractivity contribution in [2.24, 2.45) is 28.9 Å². The van der Waals surface area contributed by atoms with Crippen LogP contribution in [0.1, 0.15) is 45.4 Å². The predicted octanol–water partition coefficient (Wildman–Crippen LogP) is 0.736. The Morgan fingerprint density at radius 2 is 1.64 bits per heavy atom. The fraction of sp³-hybridized carbons (Fsp3) is 0.812. The van der Waals surface area contributed by atoms with Gasteiger partial charge in [0.2, 0.25) is 5.91 Å². The standard InChI is InChI=1S/C16H24N2O4/c1-9(14(20)22-8-13(17)19)18-15(21)16-5-10-2-11(6-16)4-12(3-10)7-16/h9-12H,2-8H2,1H3,(H2,17,19)(H,18,21)/t9-,10?,11?,12?,16?/m0/s1. The molecular formula is C16H24N2O4. The second-order valence-corrected chi connectivity index (χ2v) is 7.47. The molecule has 4 aliphatic rings.